The molecule has 0 atom stereocenters. The molecule has 0 bridgehead atoms. The van der Waals surface area contributed by atoms with Crippen molar-refractivity contribution in [2.45, 2.75) is 33.1 Å². The molecule has 1 amide bonds. The fourth-order valence-corrected chi connectivity index (χ4v) is 2.67. The van der Waals surface area contributed by atoms with Crippen LogP contribution in [0.1, 0.15) is 42.6 Å². The number of pyridine rings is 1. The Bertz CT molecular complexity index is 654. The second-order valence-corrected chi connectivity index (χ2v) is 6.01. The van der Waals surface area contributed by atoms with Crippen LogP contribution in [0.2, 0.25) is 0 Å². The lowest BCUT2D eigenvalue weighted by atomic mass is 10.1. The SMILES string of the molecule is CCCN(CC)c1ccc(C(=O)NCCCc2ccc(O)cc2)cn1. The Morgan fingerprint density at radius 2 is 1.92 bits per heavy atom. The van der Waals surface area contributed by atoms with Crippen molar-refractivity contribution in [1.29, 1.82) is 0 Å². The highest BCUT2D eigenvalue weighted by atomic mass is 16.3. The summed E-state index contributed by atoms with van der Waals surface area (Å²) in [4.78, 5) is 18.8. The van der Waals surface area contributed by atoms with Crippen molar-refractivity contribution in [3.05, 3.63) is 53.7 Å². The molecule has 0 aliphatic heterocycles. The van der Waals surface area contributed by atoms with E-state index in [1.54, 1.807) is 18.3 Å². The van der Waals surface area contributed by atoms with E-state index >= 15 is 0 Å². The lowest BCUT2D eigenvalue weighted by Crippen LogP contribution is -2.26. The summed E-state index contributed by atoms with van der Waals surface area (Å²) in [6.07, 6.45) is 4.42. The summed E-state index contributed by atoms with van der Waals surface area (Å²) in [7, 11) is 0. The lowest BCUT2D eigenvalue weighted by molar-refractivity contribution is 0.0953. The average molecular weight is 341 g/mol. The van der Waals surface area contributed by atoms with Gasteiger partial charge in [0.25, 0.3) is 5.91 Å². The van der Waals surface area contributed by atoms with Gasteiger partial charge in [-0.1, -0.05) is 19.1 Å². The third kappa shape index (κ3) is 5.78. The molecule has 2 rings (SSSR count). The predicted molar refractivity (Wildman–Crippen MR) is 101 cm³/mol. The molecule has 1 heterocycles. The Labute approximate surface area is 149 Å². The van der Waals surface area contributed by atoms with Crippen molar-refractivity contribution in [1.82, 2.24) is 10.3 Å². The molecule has 5 nitrogen and oxygen atoms in total. The monoisotopic (exact) mass is 341 g/mol. The van der Waals surface area contributed by atoms with E-state index in [9.17, 15) is 9.90 Å². The summed E-state index contributed by atoms with van der Waals surface area (Å²) in [5.74, 6) is 1.09. The Hall–Kier alpha value is -2.56. The van der Waals surface area contributed by atoms with Gasteiger partial charge in [0.15, 0.2) is 0 Å². The quantitative estimate of drug-likeness (QED) is 0.686. The highest BCUT2D eigenvalue weighted by molar-refractivity contribution is 5.94. The van der Waals surface area contributed by atoms with E-state index in [-0.39, 0.29) is 11.7 Å². The van der Waals surface area contributed by atoms with Gasteiger partial charge in [-0.2, -0.15) is 0 Å². The van der Waals surface area contributed by atoms with E-state index in [1.807, 2.05) is 24.3 Å². The second kappa shape index (κ2) is 9.67. The van der Waals surface area contributed by atoms with Gasteiger partial charge in [-0.3, -0.25) is 4.79 Å². The molecular weight excluding hydrogens is 314 g/mol. The second-order valence-electron chi connectivity index (χ2n) is 6.01. The zero-order chi connectivity index (χ0) is 18.1. The zero-order valence-electron chi connectivity index (χ0n) is 15.0. The molecule has 0 saturated carbocycles. The molecule has 0 radical (unpaired) electrons. The van der Waals surface area contributed by atoms with Crippen molar-refractivity contribution in [3.63, 3.8) is 0 Å². The summed E-state index contributed by atoms with van der Waals surface area (Å²) < 4.78 is 0. The maximum atomic E-state index is 12.2. The number of nitrogens with one attached hydrogen (secondary N) is 1. The van der Waals surface area contributed by atoms with Crippen molar-refractivity contribution in [2.24, 2.45) is 0 Å². The number of phenolic OH excluding ortho intramolecular Hbond substituents is 1. The summed E-state index contributed by atoms with van der Waals surface area (Å²) >= 11 is 0. The van der Waals surface area contributed by atoms with Crippen LogP contribution in [-0.4, -0.2) is 35.6 Å². The number of benzene rings is 1. The van der Waals surface area contributed by atoms with Gasteiger partial charge in [0, 0.05) is 25.8 Å². The number of anilines is 1. The molecular formula is C20H27N3O2. The number of hydrogen-bond acceptors (Lipinski definition) is 4. The number of rotatable bonds is 9. The Morgan fingerprint density at radius 1 is 1.16 bits per heavy atom. The van der Waals surface area contributed by atoms with E-state index in [2.05, 4.69) is 29.0 Å². The number of nitrogens with zero attached hydrogens (tertiary/aromatic N) is 2. The van der Waals surface area contributed by atoms with Crippen LogP contribution in [0.4, 0.5) is 5.82 Å². The van der Waals surface area contributed by atoms with E-state index in [4.69, 9.17) is 0 Å². The molecule has 2 N–H and O–H groups in total. The molecule has 134 valence electrons. The topological polar surface area (TPSA) is 65.5 Å². The molecule has 0 saturated heterocycles. The third-order valence-corrected chi connectivity index (χ3v) is 4.07. The van der Waals surface area contributed by atoms with Crippen molar-refractivity contribution in [2.75, 3.05) is 24.5 Å². The number of aromatic hydroxyl groups is 1. The minimum Gasteiger partial charge on any atom is -0.508 e. The molecule has 1 aromatic heterocycles. The number of phenols is 1. The van der Waals surface area contributed by atoms with Gasteiger partial charge < -0.3 is 15.3 Å². The van der Waals surface area contributed by atoms with Gasteiger partial charge in [0.05, 0.1) is 5.56 Å². The minimum atomic E-state index is -0.0942. The summed E-state index contributed by atoms with van der Waals surface area (Å²) in [5.41, 5.74) is 1.73. The zero-order valence-corrected chi connectivity index (χ0v) is 15.0. The standard InChI is InChI=1S/C20H27N3O2/c1-3-14-23(4-2)19-12-9-17(15-22-19)20(25)21-13-5-6-16-7-10-18(24)11-8-16/h7-12,15,24H,3-6,13-14H2,1-2H3,(H,21,25). The van der Waals surface area contributed by atoms with Crippen LogP contribution >= 0.6 is 0 Å². The van der Waals surface area contributed by atoms with Crippen LogP contribution in [0.25, 0.3) is 0 Å². The Balaban J connectivity index is 1.79. The summed E-state index contributed by atoms with van der Waals surface area (Å²) in [5, 5.41) is 12.2. The number of amides is 1. The minimum absolute atomic E-state index is 0.0942. The Kier molecular flexibility index (Phi) is 7.26. The van der Waals surface area contributed by atoms with Gasteiger partial charge in [0.1, 0.15) is 11.6 Å². The number of aromatic nitrogens is 1. The maximum absolute atomic E-state index is 12.2. The third-order valence-electron chi connectivity index (χ3n) is 4.07. The molecule has 0 fully saturated rings. The largest absolute Gasteiger partial charge is 0.508 e. The van der Waals surface area contributed by atoms with Crippen molar-refractivity contribution >= 4 is 11.7 Å². The van der Waals surface area contributed by atoms with Gasteiger partial charge in [-0.25, -0.2) is 4.98 Å². The van der Waals surface area contributed by atoms with Gasteiger partial charge in [-0.15, -0.1) is 0 Å². The lowest BCUT2D eigenvalue weighted by Gasteiger charge is -2.21. The fourth-order valence-electron chi connectivity index (χ4n) is 2.67. The number of carbonyl (C=O) groups is 1. The van der Waals surface area contributed by atoms with Crippen molar-refractivity contribution in [3.8, 4) is 5.75 Å². The average Bonchev–Trinajstić information content (AvgIpc) is 2.64. The number of carbonyl (C=O) groups excluding carboxylic acids is 1. The molecule has 0 unspecified atom stereocenters. The van der Waals surface area contributed by atoms with E-state index in [0.717, 1.165) is 43.7 Å². The summed E-state index contributed by atoms with van der Waals surface area (Å²) in [6, 6.07) is 10.9. The van der Waals surface area contributed by atoms with E-state index < -0.39 is 0 Å². The normalized spacial score (nSPS) is 10.5. The van der Waals surface area contributed by atoms with Crippen LogP contribution in [0.15, 0.2) is 42.6 Å². The number of hydrogen-bond donors (Lipinski definition) is 2. The van der Waals surface area contributed by atoms with Gasteiger partial charge in [-0.05, 0) is 56.0 Å². The first kappa shape index (κ1) is 18.8. The highest BCUT2D eigenvalue weighted by Gasteiger charge is 2.08. The molecule has 1 aromatic carbocycles. The van der Waals surface area contributed by atoms with Crippen LogP contribution in [0.5, 0.6) is 5.75 Å². The van der Waals surface area contributed by atoms with Crippen LogP contribution in [0.3, 0.4) is 0 Å². The van der Waals surface area contributed by atoms with Crippen LogP contribution in [-0.2, 0) is 6.42 Å². The van der Waals surface area contributed by atoms with Gasteiger partial charge in [0.2, 0.25) is 0 Å². The smallest absolute Gasteiger partial charge is 0.252 e. The fraction of sp³-hybridized carbons (Fsp3) is 0.400. The van der Waals surface area contributed by atoms with E-state index in [1.165, 1.54) is 0 Å². The maximum Gasteiger partial charge on any atom is 0.252 e. The first-order valence-corrected chi connectivity index (χ1v) is 8.91. The first-order chi connectivity index (χ1) is 12.1. The molecule has 0 aliphatic rings. The van der Waals surface area contributed by atoms with E-state index in [0.29, 0.717) is 12.1 Å². The van der Waals surface area contributed by atoms with Crippen LogP contribution < -0.4 is 10.2 Å². The molecule has 0 spiro atoms. The Morgan fingerprint density at radius 3 is 2.52 bits per heavy atom. The molecule has 5 heteroatoms. The highest BCUT2D eigenvalue weighted by Crippen LogP contribution is 2.12. The molecule has 0 aliphatic carbocycles. The number of aryl methyl sites for hydroxylation is 1. The van der Waals surface area contributed by atoms with Crippen molar-refractivity contribution < 1.29 is 9.90 Å². The molecule has 2 aromatic rings. The first-order valence-electron chi connectivity index (χ1n) is 8.91. The van der Waals surface area contributed by atoms with Crippen LogP contribution in [0, 0.1) is 0 Å². The molecule has 25 heavy (non-hydrogen) atoms. The van der Waals surface area contributed by atoms with Gasteiger partial charge >= 0.3 is 0 Å². The summed E-state index contributed by atoms with van der Waals surface area (Å²) in [6.45, 7) is 6.73. The predicted octanol–water partition coefficient (Wildman–Crippen LogP) is 3.39.